The quantitative estimate of drug-likeness (QED) is 0.650. The number of thiazole rings is 1. The van der Waals surface area contributed by atoms with Gasteiger partial charge in [-0.15, -0.1) is 36.2 Å². The maximum absolute atomic E-state index is 13.2. The van der Waals surface area contributed by atoms with E-state index in [1.807, 2.05) is 11.8 Å². The van der Waals surface area contributed by atoms with Crippen molar-refractivity contribution in [2.45, 2.75) is 45.8 Å². The van der Waals surface area contributed by atoms with E-state index in [0.29, 0.717) is 16.7 Å². The van der Waals surface area contributed by atoms with Gasteiger partial charge in [0.1, 0.15) is 28.1 Å². The molecule has 1 aliphatic rings. The second-order valence-electron chi connectivity index (χ2n) is 6.74. The maximum atomic E-state index is 13.2. The minimum Gasteiger partial charge on any atom is -0.486 e. The molecule has 2 aromatic rings. The smallest absolute Gasteiger partial charge is 0.266 e. The minimum absolute atomic E-state index is 0. The number of nitrogens with one attached hydrogen (secondary N) is 1. The van der Waals surface area contributed by atoms with Crippen LogP contribution in [0.4, 0.5) is 4.39 Å². The molecular formula is C20H28Cl2FN3O2S. The standard InChI is InChI=1S/C20H26FN3O2S.2ClH/c1-3-12-24(16-8-10-22-11-9-16)20(25)19-14(2)23-18(27-19)13-26-17-6-4-15(21)5-7-17;;/h4-7,16,22H,3,8-13H2,1-2H3;2*1H. The first-order valence-electron chi connectivity index (χ1n) is 9.45. The Labute approximate surface area is 187 Å². The van der Waals surface area contributed by atoms with E-state index < -0.39 is 0 Å². The van der Waals surface area contributed by atoms with Gasteiger partial charge in [0.15, 0.2) is 0 Å². The van der Waals surface area contributed by atoms with Crippen molar-refractivity contribution in [2.75, 3.05) is 19.6 Å². The van der Waals surface area contributed by atoms with Crippen molar-refractivity contribution in [3.05, 3.63) is 45.7 Å². The fourth-order valence-electron chi connectivity index (χ4n) is 3.33. The average Bonchev–Trinajstić information content (AvgIpc) is 3.06. The summed E-state index contributed by atoms with van der Waals surface area (Å²) in [5.41, 5.74) is 0.748. The summed E-state index contributed by atoms with van der Waals surface area (Å²) in [4.78, 5) is 20.4. The SMILES string of the molecule is CCCN(C(=O)c1sc(COc2ccc(F)cc2)nc1C)C1CCNCC1.Cl.Cl. The number of piperidine rings is 1. The molecule has 29 heavy (non-hydrogen) atoms. The van der Waals surface area contributed by atoms with Crippen molar-refractivity contribution in [1.82, 2.24) is 15.2 Å². The molecule has 5 nitrogen and oxygen atoms in total. The molecule has 1 aliphatic heterocycles. The van der Waals surface area contributed by atoms with Crippen molar-refractivity contribution < 1.29 is 13.9 Å². The number of halogens is 3. The summed E-state index contributed by atoms with van der Waals surface area (Å²) in [6.45, 7) is 6.92. The van der Waals surface area contributed by atoms with E-state index in [-0.39, 0.29) is 43.1 Å². The van der Waals surface area contributed by atoms with Crippen LogP contribution in [-0.4, -0.2) is 41.5 Å². The fraction of sp³-hybridized carbons (Fsp3) is 0.500. The Bertz CT molecular complexity index is 768. The van der Waals surface area contributed by atoms with Crippen molar-refractivity contribution in [3.8, 4) is 5.75 Å². The van der Waals surface area contributed by atoms with Gasteiger partial charge < -0.3 is 15.0 Å². The van der Waals surface area contributed by atoms with Gasteiger partial charge in [0.2, 0.25) is 0 Å². The number of carbonyl (C=O) groups excluding carboxylic acids is 1. The molecule has 0 bridgehead atoms. The maximum Gasteiger partial charge on any atom is 0.266 e. The third-order valence-corrected chi connectivity index (χ3v) is 5.80. The van der Waals surface area contributed by atoms with Gasteiger partial charge >= 0.3 is 0 Å². The molecule has 9 heteroatoms. The zero-order valence-electron chi connectivity index (χ0n) is 16.7. The molecule has 0 spiro atoms. The second kappa shape index (κ2) is 12.3. The number of amides is 1. The van der Waals surface area contributed by atoms with Crippen LogP contribution in [0.25, 0.3) is 0 Å². The number of hydrogen-bond acceptors (Lipinski definition) is 5. The van der Waals surface area contributed by atoms with Crippen LogP contribution in [0, 0.1) is 12.7 Å². The van der Waals surface area contributed by atoms with E-state index in [9.17, 15) is 9.18 Å². The number of aromatic nitrogens is 1. The number of hydrogen-bond donors (Lipinski definition) is 1. The predicted octanol–water partition coefficient (Wildman–Crippen LogP) is 4.62. The van der Waals surface area contributed by atoms with Crippen LogP contribution in [-0.2, 0) is 6.61 Å². The van der Waals surface area contributed by atoms with Gasteiger partial charge in [-0.25, -0.2) is 9.37 Å². The summed E-state index contributed by atoms with van der Waals surface area (Å²) in [7, 11) is 0. The van der Waals surface area contributed by atoms with Crippen LogP contribution in [0.2, 0.25) is 0 Å². The van der Waals surface area contributed by atoms with Gasteiger partial charge in [-0.3, -0.25) is 4.79 Å². The second-order valence-corrected chi connectivity index (χ2v) is 7.83. The summed E-state index contributed by atoms with van der Waals surface area (Å²) in [5, 5.41) is 4.11. The zero-order valence-corrected chi connectivity index (χ0v) is 19.1. The molecule has 0 unspecified atom stereocenters. The van der Waals surface area contributed by atoms with Crippen LogP contribution < -0.4 is 10.1 Å². The molecule has 0 aliphatic carbocycles. The highest BCUT2D eigenvalue weighted by molar-refractivity contribution is 7.13. The molecule has 1 N–H and O–H groups in total. The third-order valence-electron chi connectivity index (χ3n) is 4.69. The molecule has 0 saturated carbocycles. The van der Waals surface area contributed by atoms with Gasteiger partial charge in [-0.05, 0) is 63.5 Å². The number of carbonyl (C=O) groups is 1. The van der Waals surface area contributed by atoms with Crippen LogP contribution in [0.15, 0.2) is 24.3 Å². The Balaban J connectivity index is 0.00000210. The van der Waals surface area contributed by atoms with Crippen molar-refractivity contribution in [2.24, 2.45) is 0 Å². The fourth-order valence-corrected chi connectivity index (χ4v) is 4.26. The first-order valence-corrected chi connectivity index (χ1v) is 10.3. The summed E-state index contributed by atoms with van der Waals surface area (Å²) in [5.74, 6) is 0.362. The number of aryl methyl sites for hydroxylation is 1. The molecule has 3 rings (SSSR count). The molecule has 1 fully saturated rings. The van der Waals surface area contributed by atoms with E-state index in [0.717, 1.165) is 49.6 Å². The molecule has 1 saturated heterocycles. The van der Waals surface area contributed by atoms with Gasteiger partial charge in [-0.1, -0.05) is 6.92 Å². The molecule has 1 aromatic heterocycles. The predicted molar refractivity (Wildman–Crippen MR) is 119 cm³/mol. The van der Waals surface area contributed by atoms with Gasteiger partial charge in [-0.2, -0.15) is 0 Å². The molecule has 2 heterocycles. The van der Waals surface area contributed by atoms with Crippen molar-refractivity contribution in [1.29, 1.82) is 0 Å². The Morgan fingerprint density at radius 1 is 1.28 bits per heavy atom. The normalized spacial score (nSPS) is 13.9. The Kier molecular flexibility index (Phi) is 10.9. The minimum atomic E-state index is -0.297. The van der Waals surface area contributed by atoms with Gasteiger partial charge in [0.05, 0.1) is 5.69 Å². The lowest BCUT2D eigenvalue weighted by Crippen LogP contribution is -2.46. The van der Waals surface area contributed by atoms with E-state index >= 15 is 0 Å². The molecule has 162 valence electrons. The topological polar surface area (TPSA) is 54.5 Å². The third kappa shape index (κ3) is 6.81. The molecule has 0 radical (unpaired) electrons. The first kappa shape index (κ1) is 25.6. The van der Waals surface area contributed by atoms with Crippen LogP contribution in [0.3, 0.4) is 0 Å². The van der Waals surface area contributed by atoms with Crippen LogP contribution >= 0.6 is 36.2 Å². The molecule has 1 amide bonds. The number of ether oxygens (including phenoxy) is 1. The van der Waals surface area contributed by atoms with Crippen molar-refractivity contribution in [3.63, 3.8) is 0 Å². The summed E-state index contributed by atoms with van der Waals surface area (Å²) in [6, 6.07) is 6.18. The average molecular weight is 464 g/mol. The monoisotopic (exact) mass is 463 g/mol. The van der Waals surface area contributed by atoms with E-state index in [1.165, 1.54) is 23.5 Å². The van der Waals surface area contributed by atoms with Gasteiger partial charge in [0, 0.05) is 12.6 Å². The lowest BCUT2D eigenvalue weighted by Gasteiger charge is -2.34. The van der Waals surface area contributed by atoms with E-state index in [1.54, 1.807) is 12.1 Å². The number of nitrogens with zero attached hydrogens (tertiary/aromatic N) is 2. The van der Waals surface area contributed by atoms with E-state index in [4.69, 9.17) is 4.74 Å². The Morgan fingerprint density at radius 2 is 1.93 bits per heavy atom. The molecule has 1 aromatic carbocycles. The summed E-state index contributed by atoms with van der Waals surface area (Å²) < 4.78 is 18.6. The zero-order chi connectivity index (χ0) is 19.2. The van der Waals surface area contributed by atoms with Crippen molar-refractivity contribution >= 4 is 42.1 Å². The summed E-state index contributed by atoms with van der Waals surface area (Å²) >= 11 is 1.39. The van der Waals surface area contributed by atoms with Gasteiger partial charge in [0.25, 0.3) is 5.91 Å². The number of benzene rings is 1. The van der Waals surface area contributed by atoms with Crippen LogP contribution in [0.1, 0.15) is 46.6 Å². The first-order chi connectivity index (χ1) is 13.1. The van der Waals surface area contributed by atoms with Crippen LogP contribution in [0.5, 0.6) is 5.75 Å². The van der Waals surface area contributed by atoms with E-state index in [2.05, 4.69) is 17.2 Å². The molecule has 0 atom stereocenters. The lowest BCUT2D eigenvalue weighted by molar-refractivity contribution is 0.0646. The highest BCUT2D eigenvalue weighted by Crippen LogP contribution is 2.24. The highest BCUT2D eigenvalue weighted by Gasteiger charge is 2.28. The molecular weight excluding hydrogens is 436 g/mol. The Hall–Kier alpha value is -1.41. The highest BCUT2D eigenvalue weighted by atomic mass is 35.5. The number of rotatable bonds is 7. The summed E-state index contributed by atoms with van der Waals surface area (Å²) in [6.07, 6.45) is 2.92. The lowest BCUT2D eigenvalue weighted by atomic mass is 10.0. The Morgan fingerprint density at radius 3 is 2.55 bits per heavy atom. The largest absolute Gasteiger partial charge is 0.486 e.